The monoisotopic (exact) mass is 465 g/mol. The molecule has 1 saturated heterocycles. The van der Waals surface area contributed by atoms with Crippen molar-refractivity contribution in [1.29, 1.82) is 0 Å². The van der Waals surface area contributed by atoms with Crippen LogP contribution in [-0.2, 0) is 14.8 Å². The lowest BCUT2D eigenvalue weighted by Gasteiger charge is -2.36. The average Bonchev–Trinajstić information content (AvgIpc) is 2.87. The van der Waals surface area contributed by atoms with Crippen LogP contribution in [0.25, 0.3) is 0 Å². The highest BCUT2D eigenvalue weighted by Crippen LogP contribution is 2.35. The smallest absolute Gasteiger partial charge is 0.243 e. The molecule has 1 atom stereocenters. The van der Waals surface area contributed by atoms with Gasteiger partial charge in [-0.05, 0) is 42.8 Å². The lowest BCUT2D eigenvalue weighted by molar-refractivity contribution is -0.118. The first-order valence-corrected chi connectivity index (χ1v) is 12.6. The van der Waals surface area contributed by atoms with E-state index in [4.69, 9.17) is 11.6 Å². The fourth-order valence-corrected chi connectivity index (χ4v) is 6.31. The molecule has 30 heavy (non-hydrogen) atoms. The number of carbonyl (C=O) groups excluding carboxylic acids is 1. The zero-order valence-electron chi connectivity index (χ0n) is 16.9. The molecule has 2 heterocycles. The standard InChI is InChI=1S/C21H24ClN3O3S2/c1-14-3-4-16(22)11-19(14)24-7-9-25(10-8-24)30(27,28)17-5-6-20-18(12-17)23-21(26)15(2)13-29-20/h3-6,11-12,15H,7-10,13H2,1-2H3,(H,23,26). The summed E-state index contributed by atoms with van der Waals surface area (Å²) in [6, 6.07) is 10.8. The molecule has 0 radical (unpaired) electrons. The second kappa shape index (κ2) is 8.42. The molecule has 2 aliphatic rings. The number of nitrogens with zero attached hydrogens (tertiary/aromatic N) is 2. The first-order valence-electron chi connectivity index (χ1n) is 9.84. The zero-order valence-corrected chi connectivity index (χ0v) is 19.3. The topological polar surface area (TPSA) is 69.7 Å². The molecule has 0 aromatic heterocycles. The van der Waals surface area contributed by atoms with Crippen LogP contribution < -0.4 is 10.2 Å². The molecule has 4 rings (SSSR count). The van der Waals surface area contributed by atoms with Gasteiger partial charge in [0, 0.05) is 53.5 Å². The Bertz CT molecular complexity index is 1080. The van der Waals surface area contributed by atoms with Gasteiger partial charge in [-0.3, -0.25) is 4.79 Å². The molecule has 1 unspecified atom stereocenters. The number of thioether (sulfide) groups is 1. The fraction of sp³-hybridized carbons (Fsp3) is 0.381. The van der Waals surface area contributed by atoms with Crippen LogP contribution in [0.4, 0.5) is 11.4 Å². The van der Waals surface area contributed by atoms with Crippen molar-refractivity contribution >= 4 is 50.7 Å². The van der Waals surface area contributed by atoms with Crippen LogP contribution in [0.2, 0.25) is 5.02 Å². The van der Waals surface area contributed by atoms with E-state index in [0.717, 1.165) is 16.1 Å². The Labute approximate surface area is 186 Å². The lowest BCUT2D eigenvalue weighted by Crippen LogP contribution is -2.48. The minimum absolute atomic E-state index is 0.0821. The first-order chi connectivity index (χ1) is 14.3. The Kier molecular flexibility index (Phi) is 6.03. The fourth-order valence-electron chi connectivity index (χ4n) is 3.68. The van der Waals surface area contributed by atoms with Gasteiger partial charge in [0.1, 0.15) is 0 Å². The quantitative estimate of drug-likeness (QED) is 0.745. The largest absolute Gasteiger partial charge is 0.369 e. The van der Waals surface area contributed by atoms with Gasteiger partial charge in [0.05, 0.1) is 10.6 Å². The van der Waals surface area contributed by atoms with Crippen molar-refractivity contribution in [2.75, 3.05) is 42.1 Å². The highest BCUT2D eigenvalue weighted by molar-refractivity contribution is 7.99. The van der Waals surface area contributed by atoms with Crippen molar-refractivity contribution in [3.05, 3.63) is 47.0 Å². The second-order valence-corrected chi connectivity index (χ2v) is 11.1. The van der Waals surface area contributed by atoms with E-state index in [9.17, 15) is 13.2 Å². The summed E-state index contributed by atoms with van der Waals surface area (Å²) in [6.07, 6.45) is 0. The predicted octanol–water partition coefficient (Wildman–Crippen LogP) is 3.84. The third kappa shape index (κ3) is 4.19. The Morgan fingerprint density at radius 3 is 2.57 bits per heavy atom. The van der Waals surface area contributed by atoms with Gasteiger partial charge in [-0.25, -0.2) is 8.42 Å². The van der Waals surface area contributed by atoms with Crippen molar-refractivity contribution in [3.63, 3.8) is 0 Å². The first kappa shape index (κ1) is 21.5. The maximum Gasteiger partial charge on any atom is 0.243 e. The SMILES string of the molecule is Cc1ccc(Cl)cc1N1CCN(S(=O)(=O)c2ccc3c(c2)NC(=O)C(C)CS3)CC1. The minimum atomic E-state index is -3.64. The maximum atomic E-state index is 13.2. The van der Waals surface area contributed by atoms with Gasteiger partial charge in [0.25, 0.3) is 0 Å². The van der Waals surface area contributed by atoms with Gasteiger partial charge in [-0.1, -0.05) is 24.6 Å². The summed E-state index contributed by atoms with van der Waals surface area (Å²) < 4.78 is 28.0. The Morgan fingerprint density at radius 1 is 1.10 bits per heavy atom. The number of sulfonamides is 1. The van der Waals surface area contributed by atoms with Crippen molar-refractivity contribution < 1.29 is 13.2 Å². The zero-order chi connectivity index (χ0) is 21.5. The molecule has 2 aromatic carbocycles. The number of hydrogen-bond acceptors (Lipinski definition) is 5. The number of benzene rings is 2. The molecule has 2 aromatic rings. The summed E-state index contributed by atoms with van der Waals surface area (Å²) in [5.74, 6) is 0.474. The molecular weight excluding hydrogens is 442 g/mol. The maximum absolute atomic E-state index is 13.2. The third-order valence-electron chi connectivity index (χ3n) is 5.53. The van der Waals surface area contributed by atoms with Crippen LogP contribution in [-0.4, -0.2) is 50.6 Å². The van der Waals surface area contributed by atoms with E-state index in [1.807, 2.05) is 32.0 Å². The van der Waals surface area contributed by atoms with E-state index in [1.54, 1.807) is 30.0 Å². The van der Waals surface area contributed by atoms with Gasteiger partial charge in [0.15, 0.2) is 0 Å². The summed E-state index contributed by atoms with van der Waals surface area (Å²) in [4.78, 5) is 15.4. The van der Waals surface area contributed by atoms with Crippen LogP contribution in [0.1, 0.15) is 12.5 Å². The number of aryl methyl sites for hydroxylation is 1. The number of amides is 1. The third-order valence-corrected chi connectivity index (χ3v) is 9.00. The molecule has 0 saturated carbocycles. The molecule has 0 aliphatic carbocycles. The van der Waals surface area contributed by atoms with Crippen LogP contribution in [0.15, 0.2) is 46.2 Å². The van der Waals surface area contributed by atoms with Gasteiger partial charge < -0.3 is 10.2 Å². The van der Waals surface area contributed by atoms with Crippen molar-refractivity contribution in [2.45, 2.75) is 23.6 Å². The number of halogens is 1. The van der Waals surface area contributed by atoms with Crippen molar-refractivity contribution in [2.24, 2.45) is 5.92 Å². The van der Waals surface area contributed by atoms with E-state index in [2.05, 4.69) is 10.2 Å². The van der Waals surface area contributed by atoms with E-state index in [-0.39, 0.29) is 16.7 Å². The number of carbonyl (C=O) groups is 1. The van der Waals surface area contributed by atoms with Gasteiger partial charge in [0.2, 0.25) is 15.9 Å². The predicted molar refractivity (Wildman–Crippen MR) is 122 cm³/mol. The van der Waals surface area contributed by atoms with Crippen molar-refractivity contribution in [1.82, 2.24) is 4.31 Å². The number of anilines is 2. The Morgan fingerprint density at radius 2 is 1.83 bits per heavy atom. The molecule has 2 aliphatic heterocycles. The molecule has 1 N–H and O–H groups in total. The Balaban J connectivity index is 1.52. The molecule has 0 spiro atoms. The second-order valence-electron chi connectivity index (χ2n) is 7.68. The van der Waals surface area contributed by atoms with Crippen LogP contribution in [0.3, 0.4) is 0 Å². The van der Waals surface area contributed by atoms with Gasteiger partial charge in [-0.2, -0.15) is 4.31 Å². The van der Waals surface area contributed by atoms with Crippen LogP contribution >= 0.6 is 23.4 Å². The van der Waals surface area contributed by atoms with E-state index >= 15 is 0 Å². The summed E-state index contributed by atoms with van der Waals surface area (Å²) in [6.45, 7) is 5.86. The molecule has 0 bridgehead atoms. The average molecular weight is 466 g/mol. The molecule has 160 valence electrons. The Hall–Kier alpha value is -1.74. The van der Waals surface area contributed by atoms with E-state index in [0.29, 0.717) is 42.6 Å². The molecule has 6 nitrogen and oxygen atoms in total. The minimum Gasteiger partial charge on any atom is -0.369 e. The molecule has 9 heteroatoms. The molecule has 1 amide bonds. The molecular formula is C21H24ClN3O3S2. The number of hydrogen-bond donors (Lipinski definition) is 1. The summed E-state index contributed by atoms with van der Waals surface area (Å²) in [7, 11) is -3.64. The summed E-state index contributed by atoms with van der Waals surface area (Å²) in [5.41, 5.74) is 2.73. The van der Waals surface area contributed by atoms with Crippen LogP contribution in [0.5, 0.6) is 0 Å². The number of rotatable bonds is 3. The number of nitrogens with one attached hydrogen (secondary N) is 1. The van der Waals surface area contributed by atoms with Gasteiger partial charge >= 0.3 is 0 Å². The van der Waals surface area contributed by atoms with E-state index in [1.165, 1.54) is 4.31 Å². The summed E-state index contributed by atoms with van der Waals surface area (Å²) in [5, 5.41) is 3.54. The highest BCUT2D eigenvalue weighted by Gasteiger charge is 2.30. The number of piperazine rings is 1. The van der Waals surface area contributed by atoms with Gasteiger partial charge in [-0.15, -0.1) is 11.8 Å². The van der Waals surface area contributed by atoms with Crippen LogP contribution in [0, 0.1) is 12.8 Å². The lowest BCUT2D eigenvalue weighted by atomic mass is 10.1. The van der Waals surface area contributed by atoms with E-state index < -0.39 is 10.0 Å². The molecule has 1 fully saturated rings. The van der Waals surface area contributed by atoms with Crippen molar-refractivity contribution in [3.8, 4) is 0 Å². The highest BCUT2D eigenvalue weighted by atomic mass is 35.5. The summed E-state index contributed by atoms with van der Waals surface area (Å²) >= 11 is 7.71. The number of fused-ring (bicyclic) bond motifs is 1. The normalized spacial score (nSPS) is 20.4.